The number of methoxy groups -OCH3 is 1. The van der Waals surface area contributed by atoms with E-state index in [2.05, 4.69) is 5.32 Å². The first-order valence-electron chi connectivity index (χ1n) is 13.1. The molecule has 3 aromatic carbocycles. The van der Waals surface area contributed by atoms with Gasteiger partial charge in [-0.25, -0.2) is 9.07 Å². The van der Waals surface area contributed by atoms with E-state index in [1.807, 2.05) is 68.4 Å². The van der Waals surface area contributed by atoms with E-state index in [9.17, 15) is 14.0 Å². The molecule has 1 aliphatic heterocycles. The second kappa shape index (κ2) is 12.0. The number of nitrogens with zero attached hydrogens (tertiary/aromatic N) is 3. The molecule has 40 heavy (non-hydrogen) atoms. The van der Waals surface area contributed by atoms with E-state index < -0.39 is 0 Å². The van der Waals surface area contributed by atoms with E-state index in [4.69, 9.17) is 9.84 Å². The zero-order chi connectivity index (χ0) is 28.2. The lowest BCUT2D eigenvalue weighted by atomic mass is 9.99. The maximum atomic E-state index is 13.9. The molecule has 0 saturated heterocycles. The average molecular weight is 559 g/mol. The van der Waals surface area contributed by atoms with Crippen molar-refractivity contribution in [1.29, 1.82) is 0 Å². The molecule has 2 amide bonds. The first kappa shape index (κ1) is 27.5. The molecule has 0 spiro atoms. The minimum absolute atomic E-state index is 0.144. The fourth-order valence-corrected chi connectivity index (χ4v) is 5.85. The Morgan fingerprint density at radius 2 is 1.77 bits per heavy atom. The number of nitrogens with one attached hydrogen (secondary N) is 1. The van der Waals surface area contributed by atoms with Gasteiger partial charge in [-0.3, -0.25) is 14.5 Å². The van der Waals surface area contributed by atoms with Gasteiger partial charge in [-0.05, 0) is 47.9 Å². The number of hydrogen-bond donors (Lipinski definition) is 1. The maximum absolute atomic E-state index is 13.9. The van der Waals surface area contributed by atoms with Crippen LogP contribution in [0, 0.1) is 11.7 Å². The van der Waals surface area contributed by atoms with Crippen LogP contribution in [0.2, 0.25) is 0 Å². The van der Waals surface area contributed by atoms with Crippen molar-refractivity contribution in [3.05, 3.63) is 95.8 Å². The standard InChI is InChI=1S/C31H31FN4O3S/c1-20(2)17-33-26(37)18-35-27(38)19-40-30(22-9-11-23(32)12-10-22)28-29(21-7-5-4-6-8-21)34-36(31(28)35)24-13-15-25(39-3)16-14-24/h4-16,20,30H,17-19H2,1-3H3,(H,33,37). The predicted molar refractivity (Wildman–Crippen MR) is 156 cm³/mol. The highest BCUT2D eigenvalue weighted by Crippen LogP contribution is 2.48. The fraction of sp³-hybridized carbons (Fsp3) is 0.258. The fourth-order valence-electron chi connectivity index (χ4n) is 4.65. The number of benzene rings is 3. The zero-order valence-corrected chi connectivity index (χ0v) is 23.5. The highest BCUT2D eigenvalue weighted by atomic mass is 32.2. The van der Waals surface area contributed by atoms with Crippen molar-refractivity contribution in [3.8, 4) is 22.7 Å². The summed E-state index contributed by atoms with van der Waals surface area (Å²) in [5.74, 6) is 0.836. The molecule has 2 heterocycles. The first-order chi connectivity index (χ1) is 19.4. The lowest BCUT2D eigenvalue weighted by Crippen LogP contribution is -2.43. The molecule has 0 radical (unpaired) electrons. The van der Waals surface area contributed by atoms with Crippen molar-refractivity contribution in [2.45, 2.75) is 19.1 Å². The van der Waals surface area contributed by atoms with Crippen molar-refractivity contribution in [2.24, 2.45) is 5.92 Å². The molecular formula is C31H31FN4O3S. The topological polar surface area (TPSA) is 76.5 Å². The molecule has 206 valence electrons. The summed E-state index contributed by atoms with van der Waals surface area (Å²) in [6, 6.07) is 23.5. The Morgan fingerprint density at radius 3 is 2.42 bits per heavy atom. The normalized spacial score (nSPS) is 15.1. The maximum Gasteiger partial charge on any atom is 0.240 e. The van der Waals surface area contributed by atoms with Crippen molar-refractivity contribution in [3.63, 3.8) is 0 Å². The summed E-state index contributed by atoms with van der Waals surface area (Å²) in [6.07, 6.45) is 0. The van der Waals surface area contributed by atoms with Crippen LogP contribution in [0.1, 0.15) is 30.2 Å². The summed E-state index contributed by atoms with van der Waals surface area (Å²) in [6.45, 7) is 4.40. The number of rotatable bonds is 8. The van der Waals surface area contributed by atoms with E-state index in [0.717, 1.165) is 16.7 Å². The predicted octanol–water partition coefficient (Wildman–Crippen LogP) is 5.63. The third-order valence-electron chi connectivity index (χ3n) is 6.64. The van der Waals surface area contributed by atoms with Gasteiger partial charge in [-0.2, -0.15) is 5.10 Å². The Hall–Kier alpha value is -4.11. The SMILES string of the molecule is COc1ccc(-n2nc(-c3ccccc3)c3c2N(CC(=O)NCC(C)C)C(=O)CSC3c2ccc(F)cc2)cc1. The minimum atomic E-state index is -0.334. The number of halogens is 1. The molecule has 1 unspecified atom stereocenters. The second-order valence-electron chi connectivity index (χ2n) is 9.98. The largest absolute Gasteiger partial charge is 0.497 e. The van der Waals surface area contributed by atoms with Crippen LogP contribution in [0.3, 0.4) is 0 Å². The highest BCUT2D eigenvalue weighted by Gasteiger charge is 2.37. The van der Waals surface area contributed by atoms with Gasteiger partial charge in [0.2, 0.25) is 11.8 Å². The van der Waals surface area contributed by atoms with E-state index in [0.29, 0.717) is 29.5 Å². The number of hydrogen-bond acceptors (Lipinski definition) is 5. The Kier molecular flexibility index (Phi) is 8.21. The number of thioether (sulfide) groups is 1. The van der Waals surface area contributed by atoms with Gasteiger partial charge >= 0.3 is 0 Å². The third-order valence-corrected chi connectivity index (χ3v) is 7.89. The van der Waals surface area contributed by atoms with Crippen molar-refractivity contribution >= 4 is 29.4 Å². The Balaban J connectivity index is 1.75. The molecule has 1 N–H and O–H groups in total. The Bertz CT molecular complexity index is 1490. The molecule has 9 heteroatoms. The molecule has 1 aromatic heterocycles. The summed E-state index contributed by atoms with van der Waals surface area (Å²) in [7, 11) is 1.60. The average Bonchev–Trinajstić information content (AvgIpc) is 3.30. The monoisotopic (exact) mass is 558 g/mol. The smallest absolute Gasteiger partial charge is 0.240 e. The molecule has 5 rings (SSSR count). The van der Waals surface area contributed by atoms with Gasteiger partial charge < -0.3 is 10.1 Å². The number of carbonyl (C=O) groups excluding carboxylic acids is 2. The van der Waals surface area contributed by atoms with Crippen LogP contribution < -0.4 is 15.0 Å². The van der Waals surface area contributed by atoms with Crippen LogP contribution in [-0.2, 0) is 9.59 Å². The molecule has 0 bridgehead atoms. The summed E-state index contributed by atoms with van der Waals surface area (Å²) in [5, 5.41) is 7.66. The van der Waals surface area contributed by atoms with Gasteiger partial charge in [-0.1, -0.05) is 56.3 Å². The van der Waals surface area contributed by atoms with E-state index in [1.54, 1.807) is 23.9 Å². The van der Waals surface area contributed by atoms with Gasteiger partial charge in [0.1, 0.15) is 23.9 Å². The van der Waals surface area contributed by atoms with Crippen LogP contribution >= 0.6 is 11.8 Å². The second-order valence-corrected chi connectivity index (χ2v) is 11.1. The summed E-state index contributed by atoms with van der Waals surface area (Å²) in [4.78, 5) is 28.3. The number of ether oxygens (including phenoxy) is 1. The number of fused-ring (bicyclic) bond motifs is 1. The van der Waals surface area contributed by atoms with Gasteiger partial charge in [0.05, 0.1) is 29.5 Å². The summed E-state index contributed by atoms with van der Waals surface area (Å²) < 4.78 is 21.0. The van der Waals surface area contributed by atoms with Crippen LogP contribution in [0.4, 0.5) is 10.2 Å². The van der Waals surface area contributed by atoms with Crippen LogP contribution in [-0.4, -0.2) is 47.5 Å². The Labute approximate surface area is 237 Å². The number of amides is 2. The summed E-state index contributed by atoms with van der Waals surface area (Å²) in [5.41, 5.74) is 3.91. The molecule has 0 saturated carbocycles. The molecule has 4 aromatic rings. The van der Waals surface area contributed by atoms with Gasteiger partial charge in [-0.15, -0.1) is 11.8 Å². The van der Waals surface area contributed by atoms with Crippen LogP contribution in [0.25, 0.3) is 16.9 Å². The molecule has 1 aliphatic rings. The van der Waals surface area contributed by atoms with E-state index >= 15 is 0 Å². The number of carbonyl (C=O) groups is 2. The van der Waals surface area contributed by atoms with Crippen molar-refractivity contribution in [1.82, 2.24) is 15.1 Å². The van der Waals surface area contributed by atoms with Gasteiger partial charge in [0.25, 0.3) is 0 Å². The zero-order valence-electron chi connectivity index (χ0n) is 22.6. The van der Waals surface area contributed by atoms with Crippen LogP contribution in [0.5, 0.6) is 5.75 Å². The lowest BCUT2D eigenvalue weighted by molar-refractivity contribution is -0.123. The van der Waals surface area contributed by atoms with E-state index in [-0.39, 0.29) is 41.1 Å². The minimum Gasteiger partial charge on any atom is -0.497 e. The number of aromatic nitrogens is 2. The molecule has 0 aliphatic carbocycles. The Morgan fingerprint density at radius 1 is 1.07 bits per heavy atom. The highest BCUT2D eigenvalue weighted by molar-refractivity contribution is 8.00. The third kappa shape index (κ3) is 5.74. The van der Waals surface area contributed by atoms with Gasteiger partial charge in [0.15, 0.2) is 0 Å². The van der Waals surface area contributed by atoms with Crippen molar-refractivity contribution < 1.29 is 18.7 Å². The quantitative estimate of drug-likeness (QED) is 0.304. The van der Waals surface area contributed by atoms with Gasteiger partial charge in [0, 0.05) is 17.7 Å². The lowest BCUT2D eigenvalue weighted by Gasteiger charge is -2.23. The first-order valence-corrected chi connectivity index (χ1v) is 14.2. The summed E-state index contributed by atoms with van der Waals surface area (Å²) >= 11 is 1.45. The number of anilines is 1. The van der Waals surface area contributed by atoms with Crippen molar-refractivity contribution in [2.75, 3.05) is 30.9 Å². The van der Waals surface area contributed by atoms with E-state index in [1.165, 1.54) is 28.8 Å². The molecule has 1 atom stereocenters. The molecule has 0 fully saturated rings. The molecular weight excluding hydrogens is 527 g/mol. The van der Waals surface area contributed by atoms with Crippen LogP contribution in [0.15, 0.2) is 78.9 Å². The molecule has 7 nitrogen and oxygen atoms in total.